The zero-order chi connectivity index (χ0) is 16.4. The van der Waals surface area contributed by atoms with Crippen LogP contribution in [0.5, 0.6) is 0 Å². The third-order valence-electron chi connectivity index (χ3n) is 3.72. The maximum absolute atomic E-state index is 12.6. The van der Waals surface area contributed by atoms with E-state index in [0.29, 0.717) is 25.1 Å². The van der Waals surface area contributed by atoms with E-state index in [1.165, 1.54) is 0 Å². The molecule has 6 nitrogen and oxygen atoms in total. The number of aromatic amines is 1. The van der Waals surface area contributed by atoms with E-state index in [1.54, 1.807) is 0 Å². The second kappa shape index (κ2) is 5.99. The van der Waals surface area contributed by atoms with Crippen molar-refractivity contribution in [3.05, 3.63) is 28.2 Å². The minimum Gasteiger partial charge on any atom is -0.394 e. The Kier molecular flexibility index (Phi) is 4.45. The highest BCUT2D eigenvalue weighted by molar-refractivity contribution is 5.89. The van der Waals surface area contributed by atoms with Gasteiger partial charge >= 0.3 is 12.2 Å². The molecule has 0 atom stereocenters. The fourth-order valence-electron chi connectivity index (χ4n) is 2.51. The molecule has 1 aliphatic carbocycles. The van der Waals surface area contributed by atoms with Crippen molar-refractivity contribution in [2.45, 2.75) is 37.4 Å². The van der Waals surface area contributed by atoms with Gasteiger partial charge in [-0.25, -0.2) is 4.79 Å². The highest BCUT2D eigenvalue weighted by Crippen LogP contribution is 2.30. The summed E-state index contributed by atoms with van der Waals surface area (Å²) >= 11 is 0. The molecule has 0 unspecified atom stereocenters. The molecule has 1 aromatic rings. The highest BCUT2D eigenvalue weighted by atomic mass is 19.4. The smallest absolute Gasteiger partial charge is 0.394 e. The minimum absolute atomic E-state index is 0.265. The molecule has 0 radical (unpaired) electrons. The number of carbonyl (C=O) groups is 1. The Bertz CT molecular complexity index is 607. The van der Waals surface area contributed by atoms with Crippen LogP contribution in [0.4, 0.5) is 23.7 Å². The van der Waals surface area contributed by atoms with Gasteiger partial charge in [-0.15, -0.1) is 0 Å². The molecule has 9 heteroatoms. The number of H-pyrrole nitrogens is 1. The summed E-state index contributed by atoms with van der Waals surface area (Å²) in [5.74, 6) is 0. The fraction of sp³-hybridized carbons (Fsp3) is 0.538. The molecule has 0 spiro atoms. The number of rotatable bonds is 3. The van der Waals surface area contributed by atoms with Crippen LogP contribution in [0.15, 0.2) is 17.1 Å². The van der Waals surface area contributed by atoms with Crippen molar-refractivity contribution in [3.63, 3.8) is 0 Å². The van der Waals surface area contributed by atoms with E-state index in [0.717, 1.165) is 12.8 Å². The van der Waals surface area contributed by atoms with Gasteiger partial charge in [0.05, 0.1) is 17.7 Å². The van der Waals surface area contributed by atoms with Crippen molar-refractivity contribution in [1.82, 2.24) is 10.3 Å². The fourth-order valence-corrected chi connectivity index (χ4v) is 2.51. The third kappa shape index (κ3) is 3.59. The average molecular weight is 319 g/mol. The summed E-state index contributed by atoms with van der Waals surface area (Å²) in [6.07, 6.45) is -1.26. The van der Waals surface area contributed by atoms with Crippen LogP contribution in [0.3, 0.4) is 0 Å². The van der Waals surface area contributed by atoms with E-state index in [-0.39, 0.29) is 6.61 Å². The summed E-state index contributed by atoms with van der Waals surface area (Å²) in [6, 6.07) is -0.251. The number of hydrogen-bond acceptors (Lipinski definition) is 3. The Labute approximate surface area is 123 Å². The molecule has 122 valence electrons. The molecule has 0 aromatic carbocycles. The van der Waals surface area contributed by atoms with Crippen LogP contribution >= 0.6 is 0 Å². The summed E-state index contributed by atoms with van der Waals surface area (Å²) in [5, 5.41) is 14.0. The van der Waals surface area contributed by atoms with Crippen LogP contribution in [-0.2, 0) is 6.18 Å². The lowest BCUT2D eigenvalue weighted by Crippen LogP contribution is -2.51. The molecule has 2 amide bonds. The molecule has 1 aromatic heterocycles. The van der Waals surface area contributed by atoms with Gasteiger partial charge in [-0.3, -0.25) is 4.79 Å². The summed E-state index contributed by atoms with van der Waals surface area (Å²) in [5.41, 5.74) is -3.19. The molecule has 1 saturated carbocycles. The maximum atomic E-state index is 12.6. The number of aliphatic hydroxyl groups is 1. The number of nitrogens with one attached hydrogen (secondary N) is 3. The van der Waals surface area contributed by atoms with E-state index >= 15 is 0 Å². The van der Waals surface area contributed by atoms with Crippen LogP contribution in [0.1, 0.15) is 31.2 Å². The molecule has 1 fully saturated rings. The van der Waals surface area contributed by atoms with E-state index in [4.69, 9.17) is 0 Å². The summed E-state index contributed by atoms with van der Waals surface area (Å²) < 4.78 is 37.8. The van der Waals surface area contributed by atoms with E-state index in [9.17, 15) is 27.9 Å². The molecule has 2 rings (SSSR count). The average Bonchev–Trinajstić information content (AvgIpc) is 2.89. The van der Waals surface area contributed by atoms with E-state index in [1.807, 2.05) is 4.98 Å². The second-order valence-electron chi connectivity index (χ2n) is 5.35. The third-order valence-corrected chi connectivity index (χ3v) is 3.72. The van der Waals surface area contributed by atoms with Crippen molar-refractivity contribution < 1.29 is 23.1 Å². The SMILES string of the molecule is O=C(Nc1cc(C(F)(F)F)c[nH]c1=O)NC1(CO)CCCC1. The first-order valence-corrected chi connectivity index (χ1v) is 6.76. The van der Waals surface area contributed by atoms with Crippen molar-refractivity contribution in [3.8, 4) is 0 Å². The number of amides is 2. The van der Waals surface area contributed by atoms with Gasteiger partial charge in [-0.05, 0) is 18.9 Å². The molecule has 0 saturated heterocycles. The Morgan fingerprint density at radius 1 is 1.36 bits per heavy atom. The number of pyridine rings is 1. The molecule has 1 heterocycles. The van der Waals surface area contributed by atoms with Crippen LogP contribution in [-0.4, -0.2) is 28.3 Å². The zero-order valence-corrected chi connectivity index (χ0v) is 11.6. The number of aromatic nitrogens is 1. The van der Waals surface area contributed by atoms with Gasteiger partial charge in [0.2, 0.25) is 0 Å². The first-order chi connectivity index (χ1) is 10.3. The number of aliphatic hydroxyl groups excluding tert-OH is 1. The predicted molar refractivity (Wildman–Crippen MR) is 72.5 cm³/mol. The standard InChI is InChI=1S/C13H16F3N3O3/c14-13(15,16)8-5-9(10(21)17-6-8)18-11(22)19-12(7-20)3-1-2-4-12/h5-6,20H,1-4,7H2,(H,17,21)(H2,18,19,22). The number of hydrogen-bond donors (Lipinski definition) is 4. The molecule has 0 bridgehead atoms. The number of halogens is 3. The van der Waals surface area contributed by atoms with Gasteiger partial charge in [0.15, 0.2) is 0 Å². The summed E-state index contributed by atoms with van der Waals surface area (Å²) in [7, 11) is 0. The Morgan fingerprint density at radius 2 is 2.00 bits per heavy atom. The second-order valence-corrected chi connectivity index (χ2v) is 5.35. The number of urea groups is 1. The Balaban J connectivity index is 2.13. The minimum atomic E-state index is -4.63. The normalized spacial score (nSPS) is 17.3. The van der Waals surface area contributed by atoms with Gasteiger partial charge in [-0.1, -0.05) is 12.8 Å². The topological polar surface area (TPSA) is 94.2 Å². The van der Waals surface area contributed by atoms with E-state index in [2.05, 4.69) is 10.6 Å². The van der Waals surface area contributed by atoms with Gasteiger partial charge in [0.25, 0.3) is 5.56 Å². The molecular formula is C13H16F3N3O3. The van der Waals surface area contributed by atoms with E-state index < -0.39 is 34.6 Å². The number of alkyl halides is 3. The number of carbonyl (C=O) groups excluding carboxylic acids is 1. The molecule has 22 heavy (non-hydrogen) atoms. The predicted octanol–water partition coefficient (Wildman–Crippen LogP) is 1.82. The van der Waals surface area contributed by atoms with Gasteiger partial charge in [0, 0.05) is 6.20 Å². The molecule has 0 aliphatic heterocycles. The lowest BCUT2D eigenvalue weighted by molar-refractivity contribution is -0.137. The van der Waals surface area contributed by atoms with Crippen molar-refractivity contribution in [1.29, 1.82) is 0 Å². The zero-order valence-electron chi connectivity index (χ0n) is 11.6. The Morgan fingerprint density at radius 3 is 2.55 bits per heavy atom. The van der Waals surface area contributed by atoms with Crippen LogP contribution < -0.4 is 16.2 Å². The monoisotopic (exact) mass is 319 g/mol. The lowest BCUT2D eigenvalue weighted by atomic mass is 9.99. The van der Waals surface area contributed by atoms with Crippen LogP contribution in [0.25, 0.3) is 0 Å². The molecule has 4 N–H and O–H groups in total. The van der Waals surface area contributed by atoms with Crippen molar-refractivity contribution in [2.75, 3.05) is 11.9 Å². The van der Waals surface area contributed by atoms with Crippen LogP contribution in [0, 0.1) is 0 Å². The Hall–Kier alpha value is -2.03. The lowest BCUT2D eigenvalue weighted by Gasteiger charge is -2.27. The number of anilines is 1. The summed E-state index contributed by atoms with van der Waals surface area (Å²) in [6.45, 7) is -0.265. The first kappa shape index (κ1) is 16.3. The van der Waals surface area contributed by atoms with Gasteiger partial charge in [-0.2, -0.15) is 13.2 Å². The van der Waals surface area contributed by atoms with Gasteiger partial charge in [0.1, 0.15) is 5.69 Å². The van der Waals surface area contributed by atoms with Gasteiger partial charge < -0.3 is 20.7 Å². The van der Waals surface area contributed by atoms with Crippen molar-refractivity contribution in [2.24, 2.45) is 0 Å². The highest BCUT2D eigenvalue weighted by Gasteiger charge is 2.35. The van der Waals surface area contributed by atoms with Crippen molar-refractivity contribution >= 4 is 11.7 Å². The largest absolute Gasteiger partial charge is 0.417 e. The molecule has 1 aliphatic rings. The summed E-state index contributed by atoms with van der Waals surface area (Å²) in [4.78, 5) is 25.3. The maximum Gasteiger partial charge on any atom is 0.417 e. The quantitative estimate of drug-likeness (QED) is 0.684. The first-order valence-electron chi connectivity index (χ1n) is 6.76. The van der Waals surface area contributed by atoms with Crippen LogP contribution in [0.2, 0.25) is 0 Å². The molecular weight excluding hydrogens is 303 g/mol.